The molecule has 0 bridgehead atoms. The molecule has 136 valence electrons. The van der Waals surface area contributed by atoms with Gasteiger partial charge in [-0.1, -0.05) is 42.5 Å². The number of thiazole rings is 1. The first-order valence-electron chi connectivity index (χ1n) is 8.48. The van der Waals surface area contributed by atoms with E-state index in [1.807, 2.05) is 70.7 Å². The van der Waals surface area contributed by atoms with Crippen molar-refractivity contribution in [1.29, 1.82) is 0 Å². The lowest BCUT2D eigenvalue weighted by Crippen LogP contribution is -2.39. The molecule has 0 atom stereocenters. The summed E-state index contributed by atoms with van der Waals surface area (Å²) in [6.07, 6.45) is 1.92. The van der Waals surface area contributed by atoms with Crippen molar-refractivity contribution in [3.8, 4) is 0 Å². The maximum Gasteiger partial charge on any atom is 0.268 e. The Hall–Kier alpha value is -2.64. The Morgan fingerprint density at radius 3 is 2.70 bits per heavy atom. The Morgan fingerprint density at radius 2 is 1.85 bits per heavy atom. The van der Waals surface area contributed by atoms with Crippen LogP contribution in [0.1, 0.15) is 5.56 Å². The normalized spacial score (nSPS) is 14.3. The third-order valence-electron chi connectivity index (χ3n) is 4.18. The van der Waals surface area contributed by atoms with Crippen molar-refractivity contribution in [2.24, 2.45) is 4.99 Å². The van der Waals surface area contributed by atoms with Crippen LogP contribution in [0.2, 0.25) is 0 Å². The van der Waals surface area contributed by atoms with Crippen LogP contribution in [0.5, 0.6) is 0 Å². The first-order chi connectivity index (χ1) is 13.2. The monoisotopic (exact) mass is 395 g/mol. The number of hydrogen-bond acceptors (Lipinski definition) is 4. The van der Waals surface area contributed by atoms with E-state index in [1.54, 1.807) is 0 Å². The van der Waals surface area contributed by atoms with Crippen LogP contribution < -0.4 is 9.70 Å². The average molecular weight is 396 g/mol. The Kier molecular flexibility index (Phi) is 5.22. The molecule has 0 radical (unpaired) electrons. The number of para-hydroxylation sites is 1. The van der Waals surface area contributed by atoms with Gasteiger partial charge in [0, 0.05) is 23.0 Å². The maximum atomic E-state index is 12.6. The highest BCUT2D eigenvalue weighted by Gasteiger charge is 2.26. The quantitative estimate of drug-likeness (QED) is 0.682. The number of thioether (sulfide) groups is 1. The summed E-state index contributed by atoms with van der Waals surface area (Å²) in [4.78, 5) is 32.3. The Balaban J connectivity index is 1.55. The zero-order valence-corrected chi connectivity index (χ0v) is 16.1. The average Bonchev–Trinajstić information content (AvgIpc) is 3.11. The SMILES string of the molecule is O=C(CN1C(=O)CSc2ccccc21)N=c1sccn1Cc1ccccc1. The third-order valence-corrected chi connectivity index (χ3v) is 6.02. The van der Waals surface area contributed by atoms with Crippen LogP contribution in [-0.4, -0.2) is 28.7 Å². The van der Waals surface area contributed by atoms with Gasteiger partial charge in [0.2, 0.25) is 5.91 Å². The molecule has 0 unspecified atom stereocenters. The number of carbonyl (C=O) groups excluding carboxylic acids is 2. The van der Waals surface area contributed by atoms with Gasteiger partial charge in [-0.05, 0) is 17.7 Å². The van der Waals surface area contributed by atoms with E-state index in [-0.39, 0.29) is 18.4 Å². The summed E-state index contributed by atoms with van der Waals surface area (Å²) in [5.41, 5.74) is 1.92. The standard InChI is InChI=1S/C20H17N3O2S2/c24-18(13-23-16-8-4-5-9-17(16)27-14-19(23)25)21-20-22(10-11-26-20)12-15-6-2-1-3-7-15/h1-11H,12-14H2. The highest BCUT2D eigenvalue weighted by molar-refractivity contribution is 8.00. The topological polar surface area (TPSA) is 54.7 Å². The fourth-order valence-corrected chi connectivity index (χ4v) is 4.57. The number of benzene rings is 2. The number of rotatable bonds is 4. The first-order valence-corrected chi connectivity index (χ1v) is 10.3. The van der Waals surface area contributed by atoms with Crippen LogP contribution in [0.4, 0.5) is 5.69 Å². The first kappa shape index (κ1) is 17.8. The number of anilines is 1. The number of fused-ring (bicyclic) bond motifs is 1. The van der Waals surface area contributed by atoms with Crippen molar-refractivity contribution < 1.29 is 9.59 Å². The second-order valence-electron chi connectivity index (χ2n) is 6.04. The molecule has 0 aliphatic carbocycles. The molecule has 0 N–H and O–H groups in total. The molecule has 3 aromatic rings. The van der Waals surface area contributed by atoms with Gasteiger partial charge in [-0.15, -0.1) is 23.1 Å². The van der Waals surface area contributed by atoms with E-state index < -0.39 is 0 Å². The van der Waals surface area contributed by atoms with Gasteiger partial charge in [0.15, 0.2) is 4.80 Å². The lowest BCUT2D eigenvalue weighted by Gasteiger charge is -2.27. The van der Waals surface area contributed by atoms with Gasteiger partial charge in [-0.25, -0.2) is 0 Å². The van der Waals surface area contributed by atoms with Crippen molar-refractivity contribution in [1.82, 2.24) is 4.57 Å². The molecule has 1 aliphatic heterocycles. The van der Waals surface area contributed by atoms with Gasteiger partial charge in [0.25, 0.3) is 5.91 Å². The van der Waals surface area contributed by atoms with Crippen molar-refractivity contribution in [3.63, 3.8) is 0 Å². The molecule has 1 aliphatic rings. The van der Waals surface area contributed by atoms with Crippen LogP contribution in [0, 0.1) is 0 Å². The van der Waals surface area contributed by atoms with Crippen LogP contribution in [0.15, 0.2) is 76.1 Å². The van der Waals surface area contributed by atoms with Gasteiger partial charge >= 0.3 is 0 Å². The number of nitrogens with zero attached hydrogens (tertiary/aromatic N) is 3. The summed E-state index contributed by atoms with van der Waals surface area (Å²) in [6.45, 7) is 0.609. The zero-order valence-electron chi connectivity index (χ0n) is 14.4. The van der Waals surface area contributed by atoms with Crippen LogP contribution in [-0.2, 0) is 16.1 Å². The van der Waals surface area contributed by atoms with Crippen molar-refractivity contribution in [2.45, 2.75) is 11.4 Å². The Labute approximate surface area is 165 Å². The Morgan fingerprint density at radius 1 is 1.07 bits per heavy atom. The summed E-state index contributed by atoms with van der Waals surface area (Å²) < 4.78 is 1.94. The third kappa shape index (κ3) is 4.04. The second kappa shape index (κ2) is 7.94. The van der Waals surface area contributed by atoms with E-state index in [1.165, 1.54) is 28.0 Å². The summed E-state index contributed by atoms with van der Waals surface area (Å²) in [6, 6.07) is 17.7. The van der Waals surface area contributed by atoms with E-state index in [9.17, 15) is 9.59 Å². The molecule has 4 rings (SSSR count). The van der Waals surface area contributed by atoms with Gasteiger partial charge in [-0.2, -0.15) is 4.99 Å². The number of hydrogen-bond donors (Lipinski definition) is 0. The molecule has 5 nitrogen and oxygen atoms in total. The minimum atomic E-state index is -0.325. The maximum absolute atomic E-state index is 12.6. The van der Waals surface area contributed by atoms with Crippen LogP contribution in [0.3, 0.4) is 0 Å². The molecule has 0 saturated carbocycles. The molecule has 0 fully saturated rings. The minimum absolute atomic E-state index is 0.0420. The largest absolute Gasteiger partial charge is 0.319 e. The lowest BCUT2D eigenvalue weighted by atomic mass is 10.2. The summed E-state index contributed by atoms with van der Waals surface area (Å²) >= 11 is 2.91. The van der Waals surface area contributed by atoms with Crippen LogP contribution >= 0.6 is 23.1 Å². The van der Waals surface area contributed by atoms with Crippen LogP contribution in [0.25, 0.3) is 0 Å². The molecule has 2 aromatic carbocycles. The fraction of sp³-hybridized carbons (Fsp3) is 0.150. The molecule has 27 heavy (non-hydrogen) atoms. The molecular weight excluding hydrogens is 378 g/mol. The van der Waals surface area contributed by atoms with Gasteiger partial charge in [0.05, 0.1) is 11.4 Å². The van der Waals surface area contributed by atoms with Gasteiger partial charge in [-0.3, -0.25) is 9.59 Å². The highest BCUT2D eigenvalue weighted by atomic mass is 32.2. The molecule has 0 saturated heterocycles. The van der Waals surface area contributed by atoms with E-state index in [0.717, 1.165) is 16.1 Å². The number of carbonyl (C=O) groups is 2. The van der Waals surface area contributed by atoms with E-state index in [0.29, 0.717) is 17.1 Å². The summed E-state index contributed by atoms with van der Waals surface area (Å²) in [5.74, 6) is -0.0444. The molecule has 1 aromatic heterocycles. The van der Waals surface area contributed by atoms with E-state index in [4.69, 9.17) is 0 Å². The molecular formula is C20H17N3O2S2. The number of amides is 2. The summed E-state index contributed by atoms with van der Waals surface area (Å²) in [5, 5.41) is 1.91. The molecule has 2 amide bonds. The van der Waals surface area contributed by atoms with Gasteiger partial charge < -0.3 is 9.47 Å². The van der Waals surface area contributed by atoms with Crippen molar-refractivity contribution >= 4 is 40.6 Å². The molecule has 7 heteroatoms. The smallest absolute Gasteiger partial charge is 0.268 e. The van der Waals surface area contributed by atoms with Gasteiger partial charge in [0.1, 0.15) is 6.54 Å². The summed E-state index contributed by atoms with van der Waals surface area (Å²) in [7, 11) is 0. The molecule has 0 spiro atoms. The van der Waals surface area contributed by atoms with Crippen molar-refractivity contribution in [2.75, 3.05) is 17.2 Å². The van der Waals surface area contributed by atoms with E-state index in [2.05, 4.69) is 4.99 Å². The zero-order chi connectivity index (χ0) is 18.6. The van der Waals surface area contributed by atoms with Crippen molar-refractivity contribution in [3.05, 3.63) is 76.5 Å². The highest BCUT2D eigenvalue weighted by Crippen LogP contribution is 2.34. The molecule has 2 heterocycles. The minimum Gasteiger partial charge on any atom is -0.319 e. The fourth-order valence-electron chi connectivity index (χ4n) is 2.89. The number of aromatic nitrogens is 1. The van der Waals surface area contributed by atoms with E-state index >= 15 is 0 Å². The lowest BCUT2D eigenvalue weighted by molar-refractivity contribution is -0.121. The predicted octanol–water partition coefficient (Wildman–Crippen LogP) is 3.16. The predicted molar refractivity (Wildman–Crippen MR) is 108 cm³/mol. The second-order valence-corrected chi connectivity index (χ2v) is 7.93. The Bertz CT molecular complexity index is 1040.